The summed E-state index contributed by atoms with van der Waals surface area (Å²) in [4.78, 5) is 0. The Kier molecular flexibility index (Phi) is 4.66. The van der Waals surface area contributed by atoms with E-state index in [1.165, 1.54) is 22.3 Å². The number of hydrogen-bond acceptors (Lipinski definition) is 2. The minimum atomic E-state index is -2.62. The number of benzene rings is 2. The highest BCUT2D eigenvalue weighted by molar-refractivity contribution is 6.92. The van der Waals surface area contributed by atoms with Gasteiger partial charge in [0.05, 0.1) is 0 Å². The summed E-state index contributed by atoms with van der Waals surface area (Å²) in [6.07, 6.45) is 0. The minimum absolute atomic E-state index is 1.16. The summed E-state index contributed by atoms with van der Waals surface area (Å²) in [5.74, 6) is 0. The predicted octanol–water partition coefficient (Wildman–Crippen LogP) is 2.77. The van der Waals surface area contributed by atoms with Crippen molar-refractivity contribution in [3.05, 3.63) is 58.7 Å². The molecule has 0 aromatic heterocycles. The SMILES string of the molecule is CO[Si](OC)(c1cc(C)cc(C)c1)c1cc(C)cc(C)c1. The largest absolute Gasteiger partial charge is 0.406 e. The average molecular weight is 300 g/mol. The van der Waals surface area contributed by atoms with E-state index < -0.39 is 8.56 Å². The third kappa shape index (κ3) is 3.10. The van der Waals surface area contributed by atoms with Crippen LogP contribution in [0.25, 0.3) is 0 Å². The molecule has 0 fully saturated rings. The quantitative estimate of drug-likeness (QED) is 0.808. The molecule has 3 heteroatoms. The fourth-order valence-corrected chi connectivity index (χ4v) is 6.16. The van der Waals surface area contributed by atoms with Crippen molar-refractivity contribution in [2.75, 3.05) is 14.2 Å². The lowest BCUT2D eigenvalue weighted by Crippen LogP contribution is -2.62. The molecule has 0 aliphatic carbocycles. The lowest BCUT2D eigenvalue weighted by molar-refractivity contribution is 0.272. The standard InChI is InChI=1S/C18H24O2Si/c1-13-7-14(2)10-17(9-13)21(19-5,20-6)18-11-15(3)8-16(4)12-18/h7-12H,1-6H3. The Morgan fingerprint density at radius 1 is 0.571 bits per heavy atom. The molecule has 0 bridgehead atoms. The Bertz CT molecular complexity index is 552. The Hall–Kier alpha value is -1.42. The van der Waals surface area contributed by atoms with Crippen LogP contribution in [0.15, 0.2) is 36.4 Å². The lowest BCUT2D eigenvalue weighted by Gasteiger charge is -2.29. The van der Waals surface area contributed by atoms with Crippen LogP contribution >= 0.6 is 0 Å². The molecule has 0 unspecified atom stereocenters. The first kappa shape index (κ1) is 16.0. The second kappa shape index (κ2) is 6.14. The predicted molar refractivity (Wildman–Crippen MR) is 90.9 cm³/mol. The molecular weight excluding hydrogens is 276 g/mol. The van der Waals surface area contributed by atoms with Crippen LogP contribution < -0.4 is 10.4 Å². The highest BCUT2D eigenvalue weighted by Crippen LogP contribution is 2.13. The van der Waals surface area contributed by atoms with Crippen LogP contribution in [0.5, 0.6) is 0 Å². The first-order valence-electron chi connectivity index (χ1n) is 7.19. The average Bonchev–Trinajstić information content (AvgIpc) is 2.38. The lowest BCUT2D eigenvalue weighted by atomic mass is 10.2. The highest BCUT2D eigenvalue weighted by Gasteiger charge is 2.41. The molecule has 0 radical (unpaired) electrons. The van der Waals surface area contributed by atoms with Gasteiger partial charge < -0.3 is 8.85 Å². The van der Waals surface area contributed by atoms with Gasteiger partial charge in [0, 0.05) is 14.2 Å². The van der Waals surface area contributed by atoms with Crippen molar-refractivity contribution >= 4 is 18.9 Å². The molecule has 0 heterocycles. The number of hydrogen-bond donors (Lipinski definition) is 0. The zero-order chi connectivity index (χ0) is 15.6. The molecule has 0 amide bonds. The smallest absolute Gasteiger partial charge is 0.391 e. The summed E-state index contributed by atoms with van der Waals surface area (Å²) in [7, 11) is 0.889. The summed E-state index contributed by atoms with van der Waals surface area (Å²) in [5.41, 5.74) is 4.95. The second-order valence-electron chi connectivity index (χ2n) is 5.78. The summed E-state index contributed by atoms with van der Waals surface area (Å²) in [6.45, 7) is 8.45. The maximum Gasteiger partial charge on any atom is 0.406 e. The van der Waals surface area contributed by atoms with Gasteiger partial charge in [-0.1, -0.05) is 58.7 Å². The molecule has 21 heavy (non-hydrogen) atoms. The van der Waals surface area contributed by atoms with Crippen LogP contribution in [0.3, 0.4) is 0 Å². The van der Waals surface area contributed by atoms with Crippen LogP contribution in [-0.2, 0) is 8.85 Å². The van der Waals surface area contributed by atoms with Gasteiger partial charge in [0.1, 0.15) is 0 Å². The summed E-state index contributed by atoms with van der Waals surface area (Å²) in [5, 5.41) is 2.32. The fourth-order valence-electron chi connectivity index (χ4n) is 3.05. The van der Waals surface area contributed by atoms with E-state index in [1.54, 1.807) is 14.2 Å². The Morgan fingerprint density at radius 3 is 1.10 bits per heavy atom. The van der Waals surface area contributed by atoms with Gasteiger partial charge in [-0.05, 0) is 38.1 Å². The van der Waals surface area contributed by atoms with Crippen LogP contribution in [0.2, 0.25) is 0 Å². The molecule has 0 spiro atoms. The zero-order valence-corrected chi connectivity index (χ0v) is 14.8. The third-order valence-corrected chi connectivity index (χ3v) is 7.03. The van der Waals surface area contributed by atoms with E-state index in [4.69, 9.17) is 8.85 Å². The minimum Gasteiger partial charge on any atom is -0.391 e. The molecule has 0 atom stereocenters. The summed E-state index contributed by atoms with van der Waals surface area (Å²) in [6, 6.07) is 13.1. The Labute approximate surface area is 129 Å². The topological polar surface area (TPSA) is 18.5 Å². The zero-order valence-electron chi connectivity index (χ0n) is 13.8. The normalized spacial score (nSPS) is 11.7. The maximum absolute atomic E-state index is 6.00. The highest BCUT2D eigenvalue weighted by atomic mass is 28.4. The first-order chi connectivity index (χ1) is 9.91. The van der Waals surface area contributed by atoms with Crippen molar-refractivity contribution in [1.29, 1.82) is 0 Å². The van der Waals surface area contributed by atoms with Gasteiger partial charge in [-0.2, -0.15) is 0 Å². The van der Waals surface area contributed by atoms with Gasteiger partial charge >= 0.3 is 8.56 Å². The van der Waals surface area contributed by atoms with Crippen molar-refractivity contribution in [3.63, 3.8) is 0 Å². The molecule has 0 aliphatic heterocycles. The van der Waals surface area contributed by atoms with Crippen LogP contribution in [-0.4, -0.2) is 22.8 Å². The van der Waals surface area contributed by atoms with E-state index in [0.29, 0.717) is 0 Å². The van der Waals surface area contributed by atoms with Gasteiger partial charge in [0.25, 0.3) is 0 Å². The van der Waals surface area contributed by atoms with Gasteiger partial charge in [0.2, 0.25) is 0 Å². The van der Waals surface area contributed by atoms with Crippen molar-refractivity contribution in [3.8, 4) is 0 Å². The first-order valence-corrected chi connectivity index (χ1v) is 9.01. The summed E-state index contributed by atoms with van der Waals surface area (Å²) < 4.78 is 12.0. The van der Waals surface area contributed by atoms with Gasteiger partial charge in [-0.25, -0.2) is 0 Å². The van der Waals surface area contributed by atoms with E-state index in [1.807, 2.05) is 0 Å². The van der Waals surface area contributed by atoms with Crippen LogP contribution in [0.1, 0.15) is 22.3 Å². The van der Waals surface area contributed by atoms with Crippen LogP contribution in [0, 0.1) is 27.7 Å². The molecule has 2 rings (SSSR count). The van der Waals surface area contributed by atoms with E-state index in [9.17, 15) is 0 Å². The Morgan fingerprint density at radius 2 is 0.857 bits per heavy atom. The number of aryl methyl sites for hydroxylation is 4. The van der Waals surface area contributed by atoms with Gasteiger partial charge in [-0.3, -0.25) is 0 Å². The maximum atomic E-state index is 6.00. The van der Waals surface area contributed by atoms with E-state index in [2.05, 4.69) is 64.1 Å². The van der Waals surface area contributed by atoms with E-state index in [0.717, 1.165) is 10.4 Å². The molecule has 2 aromatic rings. The number of rotatable bonds is 4. The molecule has 0 aliphatic rings. The third-order valence-electron chi connectivity index (χ3n) is 3.78. The molecule has 0 saturated heterocycles. The fraction of sp³-hybridized carbons (Fsp3) is 0.333. The van der Waals surface area contributed by atoms with E-state index >= 15 is 0 Å². The molecule has 0 N–H and O–H groups in total. The molecule has 2 nitrogen and oxygen atoms in total. The molecule has 2 aromatic carbocycles. The van der Waals surface area contributed by atoms with Crippen LogP contribution in [0.4, 0.5) is 0 Å². The van der Waals surface area contributed by atoms with Crippen molar-refractivity contribution < 1.29 is 8.85 Å². The Balaban J connectivity index is 2.69. The monoisotopic (exact) mass is 300 g/mol. The van der Waals surface area contributed by atoms with Crippen molar-refractivity contribution in [2.45, 2.75) is 27.7 Å². The summed E-state index contributed by atoms with van der Waals surface area (Å²) >= 11 is 0. The van der Waals surface area contributed by atoms with Crippen molar-refractivity contribution in [2.24, 2.45) is 0 Å². The van der Waals surface area contributed by atoms with E-state index in [-0.39, 0.29) is 0 Å². The van der Waals surface area contributed by atoms with Crippen molar-refractivity contribution in [1.82, 2.24) is 0 Å². The van der Waals surface area contributed by atoms with Gasteiger partial charge in [0.15, 0.2) is 0 Å². The second-order valence-corrected chi connectivity index (χ2v) is 8.98. The molecule has 112 valence electrons. The molecule has 0 saturated carbocycles. The molecular formula is C18H24O2Si. The van der Waals surface area contributed by atoms with Gasteiger partial charge in [-0.15, -0.1) is 0 Å².